The van der Waals surface area contributed by atoms with E-state index in [4.69, 9.17) is 9.47 Å². The summed E-state index contributed by atoms with van der Waals surface area (Å²) in [7, 11) is 0. The molecule has 3 rings (SSSR count). The summed E-state index contributed by atoms with van der Waals surface area (Å²) < 4.78 is 11.3. The monoisotopic (exact) mass is 215 g/mol. The van der Waals surface area contributed by atoms with Crippen molar-refractivity contribution in [3.8, 4) is 0 Å². The molecule has 3 aliphatic heterocycles. The van der Waals surface area contributed by atoms with Crippen molar-refractivity contribution in [3.63, 3.8) is 0 Å². The molecule has 3 saturated heterocycles. The minimum atomic E-state index is 0.00373. The highest BCUT2D eigenvalue weighted by Crippen LogP contribution is 2.37. The average Bonchev–Trinajstić information content (AvgIpc) is 2.18. The van der Waals surface area contributed by atoms with Crippen molar-refractivity contribution >= 4 is 11.8 Å². The summed E-state index contributed by atoms with van der Waals surface area (Å²) in [5.74, 6) is 2.41. The third kappa shape index (κ3) is 1.48. The van der Waals surface area contributed by atoms with Crippen LogP contribution in [0.5, 0.6) is 0 Å². The van der Waals surface area contributed by atoms with Crippen molar-refractivity contribution in [1.29, 1.82) is 0 Å². The van der Waals surface area contributed by atoms with Gasteiger partial charge in [0.05, 0.1) is 25.2 Å². The second-order valence-corrected chi connectivity index (χ2v) is 5.89. The predicted molar refractivity (Wildman–Crippen MR) is 56.5 cm³/mol. The molecular weight excluding hydrogens is 198 g/mol. The number of rotatable bonds is 0. The van der Waals surface area contributed by atoms with E-state index in [1.54, 1.807) is 0 Å². The lowest BCUT2D eigenvalue weighted by Gasteiger charge is -2.51. The van der Waals surface area contributed by atoms with Crippen LogP contribution in [0.25, 0.3) is 0 Å². The maximum atomic E-state index is 6.05. The van der Waals surface area contributed by atoms with Crippen LogP contribution >= 0.6 is 11.8 Å². The maximum Gasteiger partial charge on any atom is 0.128 e. The second-order valence-electron chi connectivity index (χ2n) is 4.79. The first kappa shape index (κ1) is 9.46. The minimum Gasteiger partial charge on any atom is -0.380 e. The van der Waals surface area contributed by atoms with Crippen molar-refractivity contribution in [2.45, 2.75) is 18.6 Å². The Morgan fingerprint density at radius 1 is 1.21 bits per heavy atom. The molecule has 3 fully saturated rings. The zero-order valence-electron chi connectivity index (χ0n) is 8.38. The van der Waals surface area contributed by atoms with E-state index in [2.05, 4.69) is 5.32 Å². The third-order valence-electron chi connectivity index (χ3n) is 3.46. The van der Waals surface area contributed by atoms with E-state index < -0.39 is 0 Å². The molecule has 4 heteroatoms. The van der Waals surface area contributed by atoms with Gasteiger partial charge in [0.1, 0.15) is 5.72 Å². The number of nitrogens with one attached hydrogen (secondary N) is 1. The van der Waals surface area contributed by atoms with Crippen LogP contribution in [0.4, 0.5) is 0 Å². The van der Waals surface area contributed by atoms with E-state index in [1.807, 2.05) is 11.8 Å². The standard InChI is InChI=1S/C10H17NO2S/c1-2-10(8-14-3-1)11-4-9(7-13-10)5-12-6-9/h11H,1-8H2. The first-order chi connectivity index (χ1) is 6.83. The van der Waals surface area contributed by atoms with E-state index in [0.29, 0.717) is 5.41 Å². The van der Waals surface area contributed by atoms with Gasteiger partial charge in [0.2, 0.25) is 0 Å². The highest BCUT2D eigenvalue weighted by Gasteiger charge is 2.47. The van der Waals surface area contributed by atoms with Crippen LogP contribution in [0.1, 0.15) is 12.8 Å². The van der Waals surface area contributed by atoms with Crippen molar-refractivity contribution in [2.75, 3.05) is 37.9 Å². The molecule has 1 N–H and O–H groups in total. The molecule has 0 radical (unpaired) electrons. The van der Waals surface area contributed by atoms with Crippen LogP contribution in [-0.4, -0.2) is 43.6 Å². The van der Waals surface area contributed by atoms with Gasteiger partial charge >= 0.3 is 0 Å². The van der Waals surface area contributed by atoms with E-state index in [9.17, 15) is 0 Å². The van der Waals surface area contributed by atoms with Crippen molar-refractivity contribution in [3.05, 3.63) is 0 Å². The number of thioether (sulfide) groups is 1. The highest BCUT2D eigenvalue weighted by atomic mass is 32.2. The molecule has 0 aliphatic carbocycles. The molecule has 14 heavy (non-hydrogen) atoms. The molecule has 1 unspecified atom stereocenters. The molecule has 80 valence electrons. The van der Waals surface area contributed by atoms with E-state index in [1.165, 1.54) is 18.6 Å². The average molecular weight is 215 g/mol. The quantitative estimate of drug-likeness (QED) is 0.649. The highest BCUT2D eigenvalue weighted by molar-refractivity contribution is 7.99. The summed E-state index contributed by atoms with van der Waals surface area (Å²) in [6.45, 7) is 3.72. The maximum absolute atomic E-state index is 6.05. The van der Waals surface area contributed by atoms with E-state index >= 15 is 0 Å². The molecule has 0 amide bonds. The Balaban J connectivity index is 1.63. The summed E-state index contributed by atoms with van der Waals surface area (Å²) in [6, 6.07) is 0. The molecule has 3 nitrogen and oxygen atoms in total. The van der Waals surface area contributed by atoms with Gasteiger partial charge in [-0.25, -0.2) is 0 Å². The van der Waals surface area contributed by atoms with Crippen molar-refractivity contribution in [1.82, 2.24) is 5.32 Å². The molecule has 0 aromatic heterocycles. The molecule has 0 aromatic carbocycles. The zero-order chi connectivity index (χ0) is 9.49. The topological polar surface area (TPSA) is 30.5 Å². The fourth-order valence-electron chi connectivity index (χ4n) is 2.34. The molecule has 0 bridgehead atoms. The van der Waals surface area contributed by atoms with E-state index in [0.717, 1.165) is 32.1 Å². The molecular formula is C10H17NO2S. The van der Waals surface area contributed by atoms with Crippen LogP contribution in [0.15, 0.2) is 0 Å². The summed E-state index contributed by atoms with van der Waals surface area (Å²) in [5, 5.41) is 3.60. The Morgan fingerprint density at radius 3 is 2.64 bits per heavy atom. The molecule has 1 atom stereocenters. The lowest BCUT2D eigenvalue weighted by Crippen LogP contribution is -2.66. The van der Waals surface area contributed by atoms with Crippen molar-refractivity contribution in [2.24, 2.45) is 5.41 Å². The zero-order valence-corrected chi connectivity index (χ0v) is 9.20. The van der Waals surface area contributed by atoms with Crippen LogP contribution in [-0.2, 0) is 9.47 Å². The number of hydrogen-bond acceptors (Lipinski definition) is 4. The van der Waals surface area contributed by atoms with Gasteiger partial charge in [-0.15, -0.1) is 0 Å². The molecule has 0 saturated carbocycles. The minimum absolute atomic E-state index is 0.00373. The Kier molecular flexibility index (Phi) is 2.28. The van der Waals surface area contributed by atoms with Crippen LogP contribution in [0, 0.1) is 5.41 Å². The lowest BCUT2D eigenvalue weighted by molar-refractivity contribution is -0.217. The van der Waals surface area contributed by atoms with Gasteiger partial charge in [-0.05, 0) is 18.6 Å². The molecule has 2 spiro atoms. The van der Waals surface area contributed by atoms with Gasteiger partial charge in [0, 0.05) is 12.3 Å². The SMILES string of the molecule is C1CSCC2(C1)NCC1(COC1)CO2. The normalized spacial score (nSPS) is 41.1. The van der Waals surface area contributed by atoms with Crippen LogP contribution in [0.2, 0.25) is 0 Å². The fourth-order valence-corrected chi connectivity index (χ4v) is 3.49. The number of hydrogen-bond donors (Lipinski definition) is 1. The van der Waals surface area contributed by atoms with Gasteiger partial charge in [-0.3, -0.25) is 5.32 Å². The Labute approximate surface area is 88.9 Å². The third-order valence-corrected chi connectivity index (χ3v) is 4.71. The Bertz CT molecular complexity index is 212. The summed E-state index contributed by atoms with van der Waals surface area (Å²) in [6.07, 6.45) is 2.46. The summed E-state index contributed by atoms with van der Waals surface area (Å²) >= 11 is 2.01. The van der Waals surface area contributed by atoms with Gasteiger partial charge < -0.3 is 9.47 Å². The molecule has 3 heterocycles. The Hall–Kier alpha value is 0.230. The first-order valence-electron chi connectivity index (χ1n) is 5.37. The van der Waals surface area contributed by atoms with Gasteiger partial charge in [-0.1, -0.05) is 0 Å². The Morgan fingerprint density at radius 2 is 2.14 bits per heavy atom. The predicted octanol–water partition coefficient (Wildman–Crippen LogP) is 0.846. The van der Waals surface area contributed by atoms with Gasteiger partial charge in [0.15, 0.2) is 0 Å². The smallest absolute Gasteiger partial charge is 0.128 e. The lowest BCUT2D eigenvalue weighted by atomic mass is 9.84. The largest absolute Gasteiger partial charge is 0.380 e. The van der Waals surface area contributed by atoms with Gasteiger partial charge in [0.25, 0.3) is 0 Å². The van der Waals surface area contributed by atoms with E-state index in [-0.39, 0.29) is 5.72 Å². The van der Waals surface area contributed by atoms with Crippen LogP contribution in [0.3, 0.4) is 0 Å². The second kappa shape index (κ2) is 3.37. The van der Waals surface area contributed by atoms with Crippen LogP contribution < -0.4 is 5.32 Å². The first-order valence-corrected chi connectivity index (χ1v) is 6.53. The number of ether oxygens (including phenoxy) is 2. The fraction of sp³-hybridized carbons (Fsp3) is 1.00. The molecule has 0 aromatic rings. The summed E-state index contributed by atoms with van der Waals surface area (Å²) in [4.78, 5) is 0. The summed E-state index contributed by atoms with van der Waals surface area (Å²) in [5.41, 5.74) is 0.317. The van der Waals surface area contributed by atoms with Gasteiger partial charge in [-0.2, -0.15) is 11.8 Å². The van der Waals surface area contributed by atoms with Crippen molar-refractivity contribution < 1.29 is 9.47 Å². The molecule has 3 aliphatic rings.